The van der Waals surface area contributed by atoms with Crippen molar-refractivity contribution in [3.63, 3.8) is 0 Å². The van der Waals surface area contributed by atoms with Gasteiger partial charge in [0.2, 0.25) is 5.91 Å². The first kappa shape index (κ1) is 20.3. The second-order valence-corrected chi connectivity index (χ2v) is 7.22. The fraction of sp³-hybridized carbons (Fsp3) is 0.619. The Balaban J connectivity index is 2.36. The summed E-state index contributed by atoms with van der Waals surface area (Å²) in [6, 6.07) is 3.99. The lowest BCUT2D eigenvalue weighted by Crippen LogP contribution is -2.38. The molecule has 0 bridgehead atoms. The molecular weight excluding hydrogens is 328 g/mol. The highest BCUT2D eigenvalue weighted by Gasteiger charge is 2.29. The fourth-order valence-electron chi connectivity index (χ4n) is 3.27. The number of nitrogens with one attached hydrogen (secondary N) is 1. The van der Waals surface area contributed by atoms with E-state index in [1.165, 1.54) is 5.56 Å². The van der Waals surface area contributed by atoms with Crippen molar-refractivity contribution in [1.29, 1.82) is 0 Å². The lowest BCUT2D eigenvalue weighted by Gasteiger charge is -2.25. The summed E-state index contributed by atoms with van der Waals surface area (Å²) < 4.78 is 10.9. The van der Waals surface area contributed by atoms with Gasteiger partial charge in [-0.1, -0.05) is 33.6 Å². The molecule has 1 amide bonds. The maximum atomic E-state index is 12.9. The average Bonchev–Trinajstić information content (AvgIpc) is 2.65. The summed E-state index contributed by atoms with van der Waals surface area (Å²) in [4.78, 5) is 17.7. The number of rotatable bonds is 9. The third-order valence-corrected chi connectivity index (χ3v) is 4.73. The maximum Gasteiger partial charge on any atom is 0.229 e. The molecule has 1 heterocycles. The van der Waals surface area contributed by atoms with Crippen molar-refractivity contribution in [2.24, 2.45) is 16.8 Å². The van der Waals surface area contributed by atoms with Crippen LogP contribution in [-0.4, -0.2) is 38.9 Å². The van der Waals surface area contributed by atoms with Crippen molar-refractivity contribution in [2.75, 3.05) is 27.3 Å². The van der Waals surface area contributed by atoms with Gasteiger partial charge >= 0.3 is 0 Å². The Morgan fingerprint density at radius 2 is 1.92 bits per heavy atom. The molecule has 0 saturated carbocycles. The van der Waals surface area contributed by atoms with E-state index in [1.807, 2.05) is 12.1 Å². The third kappa shape index (κ3) is 4.77. The zero-order chi connectivity index (χ0) is 19.1. The molecular formula is C21H32N2O3. The monoisotopic (exact) mass is 360 g/mol. The minimum Gasteiger partial charge on any atom is -0.493 e. The molecule has 0 spiro atoms. The molecule has 1 unspecified atom stereocenters. The Bertz CT molecular complexity index is 653. The van der Waals surface area contributed by atoms with Gasteiger partial charge in [-0.2, -0.15) is 0 Å². The van der Waals surface area contributed by atoms with Crippen LogP contribution in [0.5, 0.6) is 11.5 Å². The van der Waals surface area contributed by atoms with Gasteiger partial charge in [0.15, 0.2) is 11.5 Å². The number of carbonyl (C=O) groups excluding carboxylic acids is 1. The standard InChI is InChI=1S/C21H32N2O3/c1-6-7-8-16(21(24)23-13-14(2)3)20-17-12-19(26-5)18(25-4)11-15(17)9-10-22-20/h11-12,14,16H,6-10,13H2,1-5H3,(H,23,24). The number of hydrogen-bond acceptors (Lipinski definition) is 4. The van der Waals surface area contributed by atoms with Crippen molar-refractivity contribution < 1.29 is 14.3 Å². The van der Waals surface area contributed by atoms with E-state index in [0.717, 1.165) is 42.7 Å². The molecule has 1 atom stereocenters. The zero-order valence-electron chi connectivity index (χ0n) is 16.7. The predicted octanol–water partition coefficient (Wildman–Crippen LogP) is 3.63. The van der Waals surface area contributed by atoms with E-state index in [9.17, 15) is 4.79 Å². The first-order valence-corrected chi connectivity index (χ1v) is 9.59. The van der Waals surface area contributed by atoms with Gasteiger partial charge in [0.1, 0.15) is 0 Å². The van der Waals surface area contributed by atoms with E-state index in [1.54, 1.807) is 14.2 Å². The van der Waals surface area contributed by atoms with Crippen molar-refractivity contribution in [3.05, 3.63) is 23.3 Å². The first-order valence-electron chi connectivity index (χ1n) is 9.59. The van der Waals surface area contributed by atoms with Gasteiger partial charge in [-0.25, -0.2) is 0 Å². The van der Waals surface area contributed by atoms with E-state index in [4.69, 9.17) is 14.5 Å². The van der Waals surface area contributed by atoms with Crippen LogP contribution in [0.1, 0.15) is 51.2 Å². The number of methoxy groups -OCH3 is 2. The molecule has 5 nitrogen and oxygen atoms in total. The van der Waals surface area contributed by atoms with E-state index < -0.39 is 0 Å². The second-order valence-electron chi connectivity index (χ2n) is 7.22. The molecule has 0 radical (unpaired) electrons. The third-order valence-electron chi connectivity index (χ3n) is 4.73. The summed E-state index contributed by atoms with van der Waals surface area (Å²) in [6.07, 6.45) is 3.72. The van der Waals surface area contributed by atoms with Gasteiger partial charge in [0.25, 0.3) is 0 Å². The Morgan fingerprint density at radius 1 is 1.23 bits per heavy atom. The van der Waals surface area contributed by atoms with Crippen LogP contribution in [0, 0.1) is 11.8 Å². The number of unbranched alkanes of at least 4 members (excludes halogenated alkanes) is 1. The topological polar surface area (TPSA) is 59.9 Å². The summed E-state index contributed by atoms with van der Waals surface area (Å²) in [5, 5.41) is 3.09. The highest BCUT2D eigenvalue weighted by molar-refractivity contribution is 6.14. The Kier molecular flexibility index (Phi) is 7.49. The smallest absolute Gasteiger partial charge is 0.229 e. The zero-order valence-corrected chi connectivity index (χ0v) is 16.7. The molecule has 1 aromatic carbocycles. The summed E-state index contributed by atoms with van der Waals surface area (Å²) in [5.74, 6) is 1.69. The normalized spacial score (nSPS) is 14.5. The first-order chi connectivity index (χ1) is 12.5. The van der Waals surface area contributed by atoms with Gasteiger partial charge in [0, 0.05) is 18.7 Å². The number of benzene rings is 1. The van der Waals surface area contributed by atoms with Crippen LogP contribution >= 0.6 is 0 Å². The largest absolute Gasteiger partial charge is 0.493 e. The van der Waals surface area contributed by atoms with Crippen LogP contribution in [0.25, 0.3) is 0 Å². The number of amides is 1. The highest BCUT2D eigenvalue weighted by Crippen LogP contribution is 2.34. The molecule has 2 rings (SSSR count). The average molecular weight is 360 g/mol. The van der Waals surface area contributed by atoms with Crippen molar-refractivity contribution in [2.45, 2.75) is 46.5 Å². The summed E-state index contributed by atoms with van der Waals surface area (Å²) in [6.45, 7) is 7.75. The number of nitrogens with zero attached hydrogens (tertiary/aromatic N) is 1. The van der Waals surface area contributed by atoms with E-state index in [-0.39, 0.29) is 11.8 Å². The van der Waals surface area contributed by atoms with Crippen LogP contribution in [0.2, 0.25) is 0 Å². The maximum absolute atomic E-state index is 12.9. The SMILES string of the molecule is CCCCC(C(=O)NCC(C)C)C1=NCCc2cc(OC)c(OC)cc21. The summed E-state index contributed by atoms with van der Waals surface area (Å²) in [5.41, 5.74) is 3.09. The Labute approximate surface area is 157 Å². The second kappa shape index (κ2) is 9.60. The quantitative estimate of drug-likeness (QED) is 0.731. The van der Waals surface area contributed by atoms with Gasteiger partial charge in [0.05, 0.1) is 25.8 Å². The van der Waals surface area contributed by atoms with Gasteiger partial charge in [-0.3, -0.25) is 9.79 Å². The van der Waals surface area contributed by atoms with Gasteiger partial charge < -0.3 is 14.8 Å². The van der Waals surface area contributed by atoms with Crippen LogP contribution in [0.15, 0.2) is 17.1 Å². The number of fused-ring (bicyclic) bond motifs is 1. The highest BCUT2D eigenvalue weighted by atomic mass is 16.5. The van der Waals surface area contributed by atoms with Crippen LogP contribution < -0.4 is 14.8 Å². The number of aliphatic imine (C=N–C) groups is 1. The molecule has 0 aromatic heterocycles. The molecule has 1 aliphatic heterocycles. The minimum atomic E-state index is -0.217. The van der Waals surface area contributed by atoms with E-state index in [0.29, 0.717) is 24.8 Å². The number of carbonyl (C=O) groups is 1. The Morgan fingerprint density at radius 3 is 2.54 bits per heavy atom. The molecule has 26 heavy (non-hydrogen) atoms. The van der Waals surface area contributed by atoms with Crippen LogP contribution in [0.3, 0.4) is 0 Å². The van der Waals surface area contributed by atoms with Gasteiger partial charge in [-0.05, 0) is 36.5 Å². The molecule has 1 aromatic rings. The molecule has 1 aliphatic rings. The van der Waals surface area contributed by atoms with Crippen LogP contribution in [-0.2, 0) is 11.2 Å². The number of hydrogen-bond donors (Lipinski definition) is 1. The summed E-state index contributed by atoms with van der Waals surface area (Å²) in [7, 11) is 3.28. The van der Waals surface area contributed by atoms with Crippen LogP contribution in [0.4, 0.5) is 0 Å². The molecule has 0 fully saturated rings. The Hall–Kier alpha value is -2.04. The van der Waals surface area contributed by atoms with E-state index in [2.05, 4.69) is 26.1 Å². The predicted molar refractivity (Wildman–Crippen MR) is 106 cm³/mol. The fourth-order valence-corrected chi connectivity index (χ4v) is 3.27. The molecule has 0 saturated heterocycles. The van der Waals surface area contributed by atoms with Crippen molar-refractivity contribution in [3.8, 4) is 11.5 Å². The molecule has 5 heteroatoms. The van der Waals surface area contributed by atoms with Crippen molar-refractivity contribution >= 4 is 11.6 Å². The van der Waals surface area contributed by atoms with E-state index >= 15 is 0 Å². The molecule has 144 valence electrons. The molecule has 1 N–H and O–H groups in total. The lowest BCUT2D eigenvalue weighted by molar-refractivity contribution is -0.123. The lowest BCUT2D eigenvalue weighted by atomic mass is 9.86. The van der Waals surface area contributed by atoms with Gasteiger partial charge in [-0.15, -0.1) is 0 Å². The minimum absolute atomic E-state index is 0.0773. The van der Waals surface area contributed by atoms with Crippen molar-refractivity contribution in [1.82, 2.24) is 5.32 Å². The molecule has 0 aliphatic carbocycles. The summed E-state index contributed by atoms with van der Waals surface area (Å²) >= 11 is 0. The number of ether oxygens (including phenoxy) is 2.